The van der Waals surface area contributed by atoms with Crippen molar-refractivity contribution in [3.05, 3.63) is 34.9 Å². The maximum absolute atomic E-state index is 11.1. The lowest BCUT2D eigenvalue weighted by Crippen LogP contribution is -2.31. The zero-order chi connectivity index (χ0) is 12.1. The molecular formula is C13H19NO2. The number of aliphatic hydroxyl groups is 1. The summed E-state index contributed by atoms with van der Waals surface area (Å²) in [7, 11) is 1.71. The van der Waals surface area contributed by atoms with Crippen LogP contribution in [-0.2, 0) is 11.2 Å². The quantitative estimate of drug-likeness (QED) is 0.832. The van der Waals surface area contributed by atoms with Crippen LogP contribution in [0.3, 0.4) is 0 Å². The molecule has 0 fully saturated rings. The second kappa shape index (κ2) is 5.66. The molecular weight excluding hydrogens is 202 g/mol. The zero-order valence-corrected chi connectivity index (χ0v) is 10.2. The van der Waals surface area contributed by atoms with Crippen LogP contribution in [0.4, 0.5) is 0 Å². The largest absolute Gasteiger partial charge is 0.387 e. The summed E-state index contributed by atoms with van der Waals surface area (Å²) in [6.45, 7) is 4.38. The fraction of sp³-hybridized carbons (Fsp3) is 0.462. The number of likely N-dealkylation sites (N-methyl/N-ethyl adjacent to an activating group) is 1. The third-order valence-corrected chi connectivity index (χ3v) is 2.78. The number of aliphatic hydroxyl groups excluding tert-OH is 1. The van der Waals surface area contributed by atoms with Gasteiger partial charge in [-0.15, -0.1) is 0 Å². The van der Waals surface area contributed by atoms with Crippen molar-refractivity contribution in [2.45, 2.75) is 20.3 Å². The first-order valence-corrected chi connectivity index (χ1v) is 5.45. The SMILES string of the molecule is Cc1ccc(CCN(C)C(=O)CO)c(C)c1. The Morgan fingerprint density at radius 1 is 1.38 bits per heavy atom. The van der Waals surface area contributed by atoms with Gasteiger partial charge in [0.15, 0.2) is 0 Å². The van der Waals surface area contributed by atoms with E-state index in [1.807, 2.05) is 0 Å². The van der Waals surface area contributed by atoms with E-state index in [-0.39, 0.29) is 5.91 Å². The molecule has 88 valence electrons. The van der Waals surface area contributed by atoms with E-state index < -0.39 is 6.61 Å². The predicted octanol–water partition coefficient (Wildman–Crippen LogP) is 1.30. The highest BCUT2D eigenvalue weighted by Crippen LogP contribution is 2.11. The van der Waals surface area contributed by atoms with Crippen LogP contribution >= 0.6 is 0 Å². The third kappa shape index (κ3) is 3.35. The first kappa shape index (κ1) is 12.7. The third-order valence-electron chi connectivity index (χ3n) is 2.78. The first-order chi connectivity index (χ1) is 7.54. The molecule has 1 N–H and O–H groups in total. The number of hydrogen-bond donors (Lipinski definition) is 1. The van der Waals surface area contributed by atoms with Crippen molar-refractivity contribution < 1.29 is 9.90 Å². The van der Waals surface area contributed by atoms with Crippen molar-refractivity contribution in [3.8, 4) is 0 Å². The van der Waals surface area contributed by atoms with Crippen LogP contribution in [0.1, 0.15) is 16.7 Å². The summed E-state index contributed by atoms with van der Waals surface area (Å²) in [4.78, 5) is 12.7. The molecule has 16 heavy (non-hydrogen) atoms. The number of benzene rings is 1. The van der Waals surface area contributed by atoms with E-state index in [0.717, 1.165) is 6.42 Å². The lowest BCUT2D eigenvalue weighted by Gasteiger charge is -2.16. The zero-order valence-electron chi connectivity index (χ0n) is 10.2. The Labute approximate surface area is 96.7 Å². The average Bonchev–Trinajstić information content (AvgIpc) is 2.26. The summed E-state index contributed by atoms with van der Waals surface area (Å²) < 4.78 is 0. The standard InChI is InChI=1S/C13H19NO2/c1-10-4-5-12(11(2)8-10)6-7-14(3)13(16)9-15/h4-5,8,15H,6-7,9H2,1-3H3. The van der Waals surface area contributed by atoms with Gasteiger partial charge in [0.25, 0.3) is 0 Å². The summed E-state index contributed by atoms with van der Waals surface area (Å²) in [5, 5.41) is 8.70. The van der Waals surface area contributed by atoms with Crippen molar-refractivity contribution in [3.63, 3.8) is 0 Å². The van der Waals surface area contributed by atoms with Gasteiger partial charge in [0, 0.05) is 13.6 Å². The number of carbonyl (C=O) groups is 1. The predicted molar refractivity (Wildman–Crippen MR) is 64.3 cm³/mol. The van der Waals surface area contributed by atoms with E-state index in [4.69, 9.17) is 5.11 Å². The Bertz CT molecular complexity index is 374. The van der Waals surface area contributed by atoms with Gasteiger partial charge in [0.05, 0.1) is 0 Å². The Balaban J connectivity index is 2.58. The molecule has 0 atom stereocenters. The summed E-state index contributed by atoms with van der Waals surface area (Å²) in [6, 6.07) is 6.32. The van der Waals surface area contributed by atoms with Crippen LogP contribution in [0.15, 0.2) is 18.2 Å². The molecule has 0 saturated carbocycles. The van der Waals surface area contributed by atoms with Crippen LogP contribution in [0.5, 0.6) is 0 Å². The molecule has 3 heteroatoms. The van der Waals surface area contributed by atoms with Gasteiger partial charge in [-0.1, -0.05) is 23.8 Å². The lowest BCUT2D eigenvalue weighted by atomic mass is 10.0. The Kier molecular flexibility index (Phi) is 4.50. The highest BCUT2D eigenvalue weighted by molar-refractivity contribution is 5.76. The van der Waals surface area contributed by atoms with E-state index in [9.17, 15) is 4.79 Å². The molecule has 1 rings (SSSR count). The normalized spacial score (nSPS) is 10.2. The summed E-state index contributed by atoms with van der Waals surface area (Å²) >= 11 is 0. The van der Waals surface area contributed by atoms with Crippen molar-refractivity contribution >= 4 is 5.91 Å². The summed E-state index contributed by atoms with van der Waals surface area (Å²) in [6.07, 6.45) is 0.828. The van der Waals surface area contributed by atoms with Gasteiger partial charge in [-0.05, 0) is 31.4 Å². The lowest BCUT2D eigenvalue weighted by molar-refractivity contribution is -0.132. The second-order valence-corrected chi connectivity index (χ2v) is 4.15. The van der Waals surface area contributed by atoms with Gasteiger partial charge in [-0.25, -0.2) is 0 Å². The van der Waals surface area contributed by atoms with E-state index in [0.29, 0.717) is 6.54 Å². The van der Waals surface area contributed by atoms with Gasteiger partial charge >= 0.3 is 0 Å². The highest BCUT2D eigenvalue weighted by atomic mass is 16.3. The van der Waals surface area contributed by atoms with E-state index in [2.05, 4.69) is 32.0 Å². The van der Waals surface area contributed by atoms with E-state index in [1.165, 1.54) is 16.7 Å². The van der Waals surface area contributed by atoms with E-state index >= 15 is 0 Å². The van der Waals surface area contributed by atoms with Crippen LogP contribution in [0, 0.1) is 13.8 Å². The Hall–Kier alpha value is -1.35. The monoisotopic (exact) mass is 221 g/mol. The second-order valence-electron chi connectivity index (χ2n) is 4.15. The fourth-order valence-corrected chi connectivity index (χ4v) is 1.66. The molecule has 0 spiro atoms. The number of rotatable bonds is 4. The van der Waals surface area contributed by atoms with E-state index in [1.54, 1.807) is 11.9 Å². The molecule has 0 saturated heterocycles. The minimum absolute atomic E-state index is 0.232. The smallest absolute Gasteiger partial charge is 0.248 e. The number of nitrogens with zero attached hydrogens (tertiary/aromatic N) is 1. The van der Waals surface area contributed by atoms with Gasteiger partial charge in [0.1, 0.15) is 6.61 Å². The van der Waals surface area contributed by atoms with Crippen molar-refractivity contribution in [1.29, 1.82) is 0 Å². The molecule has 0 heterocycles. The maximum Gasteiger partial charge on any atom is 0.248 e. The molecule has 1 amide bonds. The molecule has 0 radical (unpaired) electrons. The molecule has 0 aliphatic rings. The number of hydrogen-bond acceptors (Lipinski definition) is 2. The molecule has 0 aliphatic heterocycles. The van der Waals surface area contributed by atoms with Crippen molar-refractivity contribution in [2.24, 2.45) is 0 Å². The van der Waals surface area contributed by atoms with Crippen molar-refractivity contribution in [2.75, 3.05) is 20.2 Å². The summed E-state index contributed by atoms with van der Waals surface area (Å²) in [5.41, 5.74) is 3.76. The minimum atomic E-state index is -0.413. The summed E-state index contributed by atoms with van der Waals surface area (Å²) in [5.74, 6) is -0.232. The van der Waals surface area contributed by atoms with Gasteiger partial charge in [0.2, 0.25) is 5.91 Å². The molecule has 1 aromatic rings. The van der Waals surface area contributed by atoms with Crippen LogP contribution < -0.4 is 0 Å². The topological polar surface area (TPSA) is 40.5 Å². The van der Waals surface area contributed by atoms with Gasteiger partial charge in [-0.2, -0.15) is 0 Å². The van der Waals surface area contributed by atoms with Crippen LogP contribution in [0.2, 0.25) is 0 Å². The number of carbonyl (C=O) groups excluding carboxylic acids is 1. The molecule has 0 aromatic heterocycles. The van der Waals surface area contributed by atoms with Crippen LogP contribution in [-0.4, -0.2) is 36.1 Å². The minimum Gasteiger partial charge on any atom is -0.387 e. The molecule has 3 nitrogen and oxygen atoms in total. The fourth-order valence-electron chi connectivity index (χ4n) is 1.66. The van der Waals surface area contributed by atoms with Crippen molar-refractivity contribution in [1.82, 2.24) is 4.90 Å². The molecule has 0 bridgehead atoms. The first-order valence-electron chi connectivity index (χ1n) is 5.45. The molecule has 1 aromatic carbocycles. The number of aryl methyl sites for hydroxylation is 2. The van der Waals surface area contributed by atoms with Gasteiger partial charge in [-0.3, -0.25) is 4.79 Å². The Morgan fingerprint density at radius 2 is 2.06 bits per heavy atom. The molecule has 0 aliphatic carbocycles. The maximum atomic E-state index is 11.1. The highest BCUT2D eigenvalue weighted by Gasteiger charge is 2.07. The number of amides is 1. The van der Waals surface area contributed by atoms with Gasteiger partial charge < -0.3 is 10.0 Å². The van der Waals surface area contributed by atoms with Crippen LogP contribution in [0.25, 0.3) is 0 Å². The Morgan fingerprint density at radius 3 is 2.62 bits per heavy atom. The average molecular weight is 221 g/mol. The molecule has 0 unspecified atom stereocenters.